The summed E-state index contributed by atoms with van der Waals surface area (Å²) in [5, 5.41) is 0. The summed E-state index contributed by atoms with van der Waals surface area (Å²) in [5.41, 5.74) is 1.25. The Balaban J connectivity index is 1.58. The molecule has 2 aliphatic rings. The molecule has 1 unspecified atom stereocenters. The van der Waals surface area contributed by atoms with E-state index in [4.69, 9.17) is 9.47 Å². The van der Waals surface area contributed by atoms with Crippen LogP contribution < -0.4 is 4.74 Å². The Kier molecular flexibility index (Phi) is 7.46. The Morgan fingerprint density at radius 1 is 1.15 bits per heavy atom. The number of para-hydroxylation sites is 1. The van der Waals surface area contributed by atoms with Gasteiger partial charge in [-0.3, -0.25) is 9.59 Å². The normalized spacial score (nSPS) is 21.9. The molecule has 8 heteroatoms. The van der Waals surface area contributed by atoms with Crippen LogP contribution >= 0.6 is 0 Å². The van der Waals surface area contributed by atoms with Crippen LogP contribution in [0.15, 0.2) is 30.5 Å². The summed E-state index contributed by atoms with van der Waals surface area (Å²) in [6.45, 7) is 7.99. The molecule has 1 atom stereocenters. The number of morpholine rings is 1. The van der Waals surface area contributed by atoms with E-state index in [2.05, 4.69) is 16.0 Å². The second-order valence-electron chi connectivity index (χ2n) is 9.03. The number of carbonyl (C=O) groups excluding carboxylic acids is 2. The molecule has 1 saturated heterocycles. The Bertz CT molecular complexity index is 1040. The van der Waals surface area contributed by atoms with Gasteiger partial charge in [0, 0.05) is 19.3 Å². The molecule has 1 fully saturated rings. The molecule has 0 bridgehead atoms. The van der Waals surface area contributed by atoms with E-state index in [0.29, 0.717) is 56.4 Å². The van der Waals surface area contributed by atoms with Gasteiger partial charge in [0.15, 0.2) is 5.60 Å². The fourth-order valence-corrected chi connectivity index (χ4v) is 4.84. The first-order chi connectivity index (χ1) is 16.4. The smallest absolute Gasteiger partial charge is 0.257 e. The largest absolute Gasteiger partial charge is 0.491 e. The lowest BCUT2D eigenvalue weighted by Gasteiger charge is -2.44. The van der Waals surface area contributed by atoms with Crippen molar-refractivity contribution >= 4 is 11.8 Å². The number of hydrogen-bond donors (Lipinski definition) is 0. The number of aromatic nitrogens is 2. The maximum absolute atomic E-state index is 13.8. The molecular formula is C26H34N4O4. The van der Waals surface area contributed by atoms with Gasteiger partial charge in [-0.2, -0.15) is 0 Å². The van der Waals surface area contributed by atoms with Crippen molar-refractivity contribution in [3.8, 4) is 5.75 Å². The Labute approximate surface area is 201 Å². The summed E-state index contributed by atoms with van der Waals surface area (Å²) < 4.78 is 12.3. The topological polar surface area (TPSA) is 84.9 Å². The maximum atomic E-state index is 13.8. The molecule has 0 radical (unpaired) electrons. The number of ether oxygens (including phenoxy) is 2. The van der Waals surface area contributed by atoms with E-state index in [0.717, 1.165) is 25.0 Å². The van der Waals surface area contributed by atoms with Crippen LogP contribution in [0.25, 0.3) is 0 Å². The second-order valence-corrected chi connectivity index (χ2v) is 9.03. The summed E-state index contributed by atoms with van der Waals surface area (Å²) in [4.78, 5) is 39.3. The Morgan fingerprint density at radius 2 is 1.97 bits per heavy atom. The zero-order chi connectivity index (χ0) is 24.1. The number of nitrogens with zero attached hydrogens (tertiary/aromatic N) is 4. The summed E-state index contributed by atoms with van der Waals surface area (Å²) in [6.07, 6.45) is 4.74. The third kappa shape index (κ3) is 5.06. The van der Waals surface area contributed by atoms with Crippen molar-refractivity contribution in [2.45, 2.75) is 52.1 Å². The zero-order valence-electron chi connectivity index (χ0n) is 20.4. The third-order valence-electron chi connectivity index (χ3n) is 6.73. The van der Waals surface area contributed by atoms with Crippen LogP contribution in [0.3, 0.4) is 0 Å². The van der Waals surface area contributed by atoms with Gasteiger partial charge in [0.25, 0.3) is 11.8 Å². The highest BCUT2D eigenvalue weighted by Gasteiger charge is 2.46. The molecule has 1 aromatic carbocycles. The summed E-state index contributed by atoms with van der Waals surface area (Å²) in [6, 6.07) is 8.10. The van der Waals surface area contributed by atoms with Crippen molar-refractivity contribution in [3.63, 3.8) is 0 Å². The van der Waals surface area contributed by atoms with Gasteiger partial charge in [-0.25, -0.2) is 9.97 Å². The monoisotopic (exact) mass is 466 g/mol. The highest BCUT2D eigenvalue weighted by Crippen LogP contribution is 2.30. The van der Waals surface area contributed by atoms with Crippen molar-refractivity contribution in [1.82, 2.24) is 19.8 Å². The van der Waals surface area contributed by atoms with Crippen LogP contribution in [0, 0.1) is 13.8 Å². The number of aryl methyl sites for hydroxylation is 3. The van der Waals surface area contributed by atoms with Crippen LogP contribution in [-0.2, 0) is 16.0 Å². The molecule has 182 valence electrons. The number of benzene rings is 1. The predicted octanol–water partition coefficient (Wildman–Crippen LogP) is 2.96. The molecule has 3 heterocycles. The fraction of sp³-hybridized carbons (Fsp3) is 0.538. The van der Waals surface area contributed by atoms with Crippen molar-refractivity contribution in [1.29, 1.82) is 0 Å². The summed E-state index contributed by atoms with van der Waals surface area (Å²) in [7, 11) is 0. The molecule has 34 heavy (non-hydrogen) atoms. The van der Waals surface area contributed by atoms with E-state index < -0.39 is 5.60 Å². The number of amides is 2. The van der Waals surface area contributed by atoms with E-state index >= 15 is 0 Å². The number of carbonyl (C=O) groups is 2. The predicted molar refractivity (Wildman–Crippen MR) is 128 cm³/mol. The van der Waals surface area contributed by atoms with Gasteiger partial charge in [0.2, 0.25) is 0 Å². The number of hydrogen-bond acceptors (Lipinski definition) is 6. The first-order valence-corrected chi connectivity index (χ1v) is 12.2. The van der Waals surface area contributed by atoms with Gasteiger partial charge in [-0.1, -0.05) is 18.2 Å². The molecule has 4 rings (SSSR count). The lowest BCUT2D eigenvalue weighted by atomic mass is 9.90. The molecule has 1 aromatic heterocycles. The highest BCUT2D eigenvalue weighted by atomic mass is 16.5. The molecule has 1 spiro atoms. The third-order valence-corrected chi connectivity index (χ3v) is 6.73. The molecule has 8 nitrogen and oxygen atoms in total. The number of likely N-dealkylation sites (N-methyl/N-ethyl adjacent to an activating group) is 1. The van der Waals surface area contributed by atoms with Crippen LogP contribution in [0.5, 0.6) is 5.75 Å². The van der Waals surface area contributed by atoms with Crippen molar-refractivity contribution < 1.29 is 19.1 Å². The Morgan fingerprint density at radius 3 is 2.76 bits per heavy atom. The molecule has 2 amide bonds. The van der Waals surface area contributed by atoms with Crippen molar-refractivity contribution in [2.24, 2.45) is 0 Å². The average Bonchev–Trinajstić information content (AvgIpc) is 2.84. The van der Waals surface area contributed by atoms with Gasteiger partial charge in [-0.15, -0.1) is 0 Å². The van der Waals surface area contributed by atoms with E-state index in [1.54, 1.807) is 22.9 Å². The van der Waals surface area contributed by atoms with E-state index in [9.17, 15) is 9.59 Å². The first-order valence-electron chi connectivity index (χ1n) is 12.2. The zero-order valence-corrected chi connectivity index (χ0v) is 20.4. The quantitative estimate of drug-likeness (QED) is 0.677. The second kappa shape index (κ2) is 10.5. The van der Waals surface area contributed by atoms with Crippen LogP contribution in [0.2, 0.25) is 0 Å². The van der Waals surface area contributed by atoms with Gasteiger partial charge in [-0.05, 0) is 58.1 Å². The van der Waals surface area contributed by atoms with Crippen LogP contribution in [0.1, 0.15) is 53.6 Å². The van der Waals surface area contributed by atoms with Crippen molar-refractivity contribution in [2.75, 3.05) is 39.4 Å². The number of fused-ring (bicyclic) bond motifs is 1. The molecule has 2 aromatic rings. The average molecular weight is 467 g/mol. The minimum absolute atomic E-state index is 0.0677. The SMILES string of the molecule is CCN1CCOc2ccccc2CCCCC2(CN(C(=O)c3cnc(C)nc3C)CCO2)C1=O. The Hall–Kier alpha value is -3.00. The van der Waals surface area contributed by atoms with Gasteiger partial charge in [0.05, 0.1) is 31.0 Å². The summed E-state index contributed by atoms with van der Waals surface area (Å²) in [5.74, 6) is 1.30. The van der Waals surface area contributed by atoms with E-state index in [1.807, 2.05) is 32.0 Å². The minimum Gasteiger partial charge on any atom is -0.491 e. The highest BCUT2D eigenvalue weighted by molar-refractivity contribution is 5.96. The van der Waals surface area contributed by atoms with Gasteiger partial charge in [0.1, 0.15) is 18.2 Å². The molecule has 2 aliphatic heterocycles. The maximum Gasteiger partial charge on any atom is 0.257 e. The first kappa shape index (κ1) is 24.1. The summed E-state index contributed by atoms with van der Waals surface area (Å²) >= 11 is 0. The minimum atomic E-state index is -1.05. The van der Waals surface area contributed by atoms with Crippen LogP contribution in [0.4, 0.5) is 0 Å². The standard InChI is InChI=1S/C26H34N4O4/c1-4-29-13-15-33-23-11-6-5-9-21(23)10-7-8-12-26(25(29)32)18-30(14-16-34-26)24(31)22-17-27-20(3)28-19(22)2/h5-6,9,11,17H,4,7-8,10,12-16,18H2,1-3H3. The molecule has 0 saturated carbocycles. The number of rotatable bonds is 2. The van der Waals surface area contributed by atoms with E-state index in [-0.39, 0.29) is 18.4 Å². The lowest BCUT2D eigenvalue weighted by Crippen LogP contribution is -2.62. The molecule has 0 N–H and O–H groups in total. The lowest BCUT2D eigenvalue weighted by molar-refractivity contribution is -0.170. The van der Waals surface area contributed by atoms with Gasteiger partial charge >= 0.3 is 0 Å². The fourth-order valence-electron chi connectivity index (χ4n) is 4.84. The van der Waals surface area contributed by atoms with Gasteiger partial charge < -0.3 is 19.3 Å². The molecule has 0 aliphatic carbocycles. The van der Waals surface area contributed by atoms with E-state index in [1.165, 1.54) is 5.56 Å². The molecular weight excluding hydrogens is 432 g/mol. The van der Waals surface area contributed by atoms with Crippen molar-refractivity contribution in [3.05, 3.63) is 53.1 Å². The van der Waals surface area contributed by atoms with Crippen LogP contribution in [-0.4, -0.2) is 76.6 Å².